The molecular weight excluding hydrogens is 316 g/mol. The lowest BCUT2D eigenvalue weighted by Crippen LogP contribution is -2.23. The molecule has 8 heteroatoms. The van der Waals surface area contributed by atoms with Gasteiger partial charge in [0.05, 0.1) is 4.90 Å². The van der Waals surface area contributed by atoms with Gasteiger partial charge in [-0.05, 0) is 37.6 Å². The van der Waals surface area contributed by atoms with E-state index in [4.69, 9.17) is 0 Å². The highest BCUT2D eigenvalue weighted by molar-refractivity contribution is 7.89. The van der Waals surface area contributed by atoms with Crippen LogP contribution in [0.3, 0.4) is 0 Å². The van der Waals surface area contributed by atoms with Crippen LogP contribution in [-0.2, 0) is 17.1 Å². The first-order chi connectivity index (χ1) is 10.6. The molecule has 0 bridgehead atoms. The van der Waals surface area contributed by atoms with Gasteiger partial charge in [0.15, 0.2) is 5.69 Å². The average molecular weight is 336 g/mol. The number of rotatable bonds is 4. The Balaban J connectivity index is 2.33. The number of carbonyl (C=O) groups is 1. The number of hydrogen-bond donors (Lipinski definition) is 1. The smallest absolute Gasteiger partial charge is 0.276 e. The van der Waals surface area contributed by atoms with Crippen LogP contribution in [0.1, 0.15) is 21.7 Å². The number of nitrogens with one attached hydrogen (secondary N) is 1. The van der Waals surface area contributed by atoms with E-state index in [0.29, 0.717) is 11.3 Å². The number of aryl methyl sites for hydroxylation is 3. The van der Waals surface area contributed by atoms with Crippen molar-refractivity contribution in [1.82, 2.24) is 14.1 Å². The molecule has 23 heavy (non-hydrogen) atoms. The minimum absolute atomic E-state index is 0.164. The lowest BCUT2D eigenvalue weighted by molar-refractivity contribution is 0.102. The second-order valence-corrected chi connectivity index (χ2v) is 7.64. The summed E-state index contributed by atoms with van der Waals surface area (Å²) in [5.41, 5.74) is 2.16. The van der Waals surface area contributed by atoms with Gasteiger partial charge in [-0.15, -0.1) is 0 Å². The van der Waals surface area contributed by atoms with Gasteiger partial charge in [-0.25, -0.2) is 12.7 Å². The summed E-state index contributed by atoms with van der Waals surface area (Å²) in [6.45, 7) is 3.56. The molecule has 0 fully saturated rings. The Morgan fingerprint density at radius 3 is 2.39 bits per heavy atom. The van der Waals surface area contributed by atoms with E-state index in [0.717, 1.165) is 10.00 Å². The van der Waals surface area contributed by atoms with E-state index in [2.05, 4.69) is 10.4 Å². The van der Waals surface area contributed by atoms with Crippen LogP contribution < -0.4 is 5.32 Å². The monoisotopic (exact) mass is 336 g/mol. The molecule has 0 unspecified atom stereocenters. The molecule has 124 valence electrons. The largest absolute Gasteiger partial charge is 0.321 e. The third-order valence-corrected chi connectivity index (χ3v) is 5.51. The SMILES string of the molecule is Cc1ccc(NC(=O)c2cc(C)n(C)n2)cc1S(=O)(=O)N(C)C. The molecule has 1 aromatic carbocycles. The highest BCUT2D eigenvalue weighted by atomic mass is 32.2. The minimum atomic E-state index is -3.57. The molecule has 2 aromatic rings. The molecule has 1 heterocycles. The van der Waals surface area contributed by atoms with E-state index in [1.807, 2.05) is 6.92 Å². The van der Waals surface area contributed by atoms with E-state index in [-0.39, 0.29) is 16.5 Å². The summed E-state index contributed by atoms with van der Waals surface area (Å²) in [6.07, 6.45) is 0. The first-order valence-electron chi connectivity index (χ1n) is 6.98. The zero-order valence-corrected chi connectivity index (χ0v) is 14.6. The summed E-state index contributed by atoms with van der Waals surface area (Å²) >= 11 is 0. The van der Waals surface area contributed by atoms with Gasteiger partial charge in [0.25, 0.3) is 5.91 Å². The van der Waals surface area contributed by atoms with Crippen LogP contribution in [0.25, 0.3) is 0 Å². The maximum Gasteiger partial charge on any atom is 0.276 e. The summed E-state index contributed by atoms with van der Waals surface area (Å²) in [7, 11) is 1.12. The number of anilines is 1. The Morgan fingerprint density at radius 2 is 1.87 bits per heavy atom. The number of amides is 1. The Kier molecular flexibility index (Phi) is 4.58. The van der Waals surface area contributed by atoms with E-state index in [9.17, 15) is 13.2 Å². The Bertz CT molecular complexity index is 834. The zero-order chi connectivity index (χ0) is 17.4. The summed E-state index contributed by atoms with van der Waals surface area (Å²) < 4.78 is 27.4. The van der Waals surface area contributed by atoms with Crippen LogP contribution in [0.4, 0.5) is 5.69 Å². The predicted molar refractivity (Wildman–Crippen MR) is 88.0 cm³/mol. The van der Waals surface area contributed by atoms with Crippen LogP contribution in [0.15, 0.2) is 29.2 Å². The third kappa shape index (κ3) is 3.43. The normalized spacial score (nSPS) is 11.7. The van der Waals surface area contributed by atoms with Crippen LogP contribution in [0.5, 0.6) is 0 Å². The quantitative estimate of drug-likeness (QED) is 0.918. The zero-order valence-electron chi connectivity index (χ0n) is 13.8. The average Bonchev–Trinajstić information content (AvgIpc) is 2.80. The molecule has 0 saturated heterocycles. The fourth-order valence-corrected chi connectivity index (χ4v) is 3.16. The molecular formula is C15H20N4O3S. The third-order valence-electron chi connectivity index (χ3n) is 3.55. The molecule has 1 N–H and O–H groups in total. The molecule has 1 aromatic heterocycles. The fourth-order valence-electron chi connectivity index (χ4n) is 2.02. The summed E-state index contributed by atoms with van der Waals surface area (Å²) in [6, 6.07) is 6.45. The lowest BCUT2D eigenvalue weighted by atomic mass is 10.2. The summed E-state index contributed by atoms with van der Waals surface area (Å²) in [5, 5.41) is 6.78. The van der Waals surface area contributed by atoms with Crippen molar-refractivity contribution in [3.05, 3.63) is 41.2 Å². The van der Waals surface area contributed by atoms with Gasteiger partial charge in [0.2, 0.25) is 10.0 Å². The van der Waals surface area contributed by atoms with Crippen LogP contribution >= 0.6 is 0 Å². The maximum atomic E-state index is 12.3. The number of sulfonamides is 1. The van der Waals surface area contributed by atoms with Crippen LogP contribution in [0, 0.1) is 13.8 Å². The number of benzene rings is 1. The number of nitrogens with zero attached hydrogens (tertiary/aromatic N) is 3. The van der Waals surface area contributed by atoms with Crippen molar-refractivity contribution in [2.45, 2.75) is 18.7 Å². The van der Waals surface area contributed by atoms with Gasteiger partial charge >= 0.3 is 0 Å². The fraction of sp³-hybridized carbons (Fsp3) is 0.333. The lowest BCUT2D eigenvalue weighted by Gasteiger charge is -2.15. The van der Waals surface area contributed by atoms with Gasteiger partial charge in [-0.3, -0.25) is 9.48 Å². The van der Waals surface area contributed by atoms with Crippen molar-refractivity contribution >= 4 is 21.6 Å². The van der Waals surface area contributed by atoms with Gasteiger partial charge in [-0.2, -0.15) is 5.10 Å². The molecule has 0 aliphatic rings. The molecule has 0 radical (unpaired) electrons. The second-order valence-electron chi connectivity index (χ2n) is 5.52. The Labute approximate surface area is 136 Å². The summed E-state index contributed by atoms with van der Waals surface area (Å²) in [4.78, 5) is 12.4. The van der Waals surface area contributed by atoms with Gasteiger partial charge < -0.3 is 5.32 Å². The standard InChI is InChI=1S/C15H20N4O3S/c1-10-6-7-12(9-14(10)23(21,22)18(3)4)16-15(20)13-8-11(2)19(5)17-13/h6-9H,1-5H3,(H,16,20). The van der Waals surface area contributed by atoms with Crippen LogP contribution in [0.2, 0.25) is 0 Å². The molecule has 0 aliphatic heterocycles. The first kappa shape index (κ1) is 17.2. The molecule has 2 rings (SSSR count). The first-order valence-corrected chi connectivity index (χ1v) is 8.42. The predicted octanol–water partition coefficient (Wildman–Crippen LogP) is 1.54. The Hall–Kier alpha value is -2.19. The van der Waals surface area contributed by atoms with E-state index in [1.54, 1.807) is 36.9 Å². The summed E-state index contributed by atoms with van der Waals surface area (Å²) in [5.74, 6) is -0.384. The Morgan fingerprint density at radius 1 is 1.22 bits per heavy atom. The molecule has 0 saturated carbocycles. The van der Waals surface area contributed by atoms with Crippen molar-refractivity contribution in [2.75, 3.05) is 19.4 Å². The van der Waals surface area contributed by atoms with Gasteiger partial charge in [0.1, 0.15) is 0 Å². The van der Waals surface area contributed by atoms with Crippen LogP contribution in [-0.4, -0.2) is 42.5 Å². The number of hydrogen-bond acceptors (Lipinski definition) is 4. The van der Waals surface area contributed by atoms with Crippen molar-refractivity contribution < 1.29 is 13.2 Å². The van der Waals surface area contributed by atoms with Crippen molar-refractivity contribution in [3.63, 3.8) is 0 Å². The van der Waals surface area contributed by atoms with Gasteiger partial charge in [0, 0.05) is 32.5 Å². The minimum Gasteiger partial charge on any atom is -0.321 e. The van der Waals surface area contributed by atoms with E-state index < -0.39 is 10.0 Å². The molecule has 0 aliphatic carbocycles. The second kappa shape index (κ2) is 6.13. The molecule has 0 spiro atoms. The molecule has 0 atom stereocenters. The van der Waals surface area contributed by atoms with Crippen molar-refractivity contribution in [1.29, 1.82) is 0 Å². The topological polar surface area (TPSA) is 84.3 Å². The van der Waals surface area contributed by atoms with Gasteiger partial charge in [-0.1, -0.05) is 6.07 Å². The van der Waals surface area contributed by atoms with E-state index >= 15 is 0 Å². The van der Waals surface area contributed by atoms with E-state index in [1.165, 1.54) is 20.2 Å². The number of aromatic nitrogens is 2. The number of carbonyl (C=O) groups excluding carboxylic acids is 1. The van der Waals surface area contributed by atoms with Crippen molar-refractivity contribution in [2.24, 2.45) is 7.05 Å². The highest BCUT2D eigenvalue weighted by Crippen LogP contribution is 2.22. The molecule has 7 nitrogen and oxygen atoms in total. The maximum absolute atomic E-state index is 12.3. The highest BCUT2D eigenvalue weighted by Gasteiger charge is 2.21. The van der Waals surface area contributed by atoms with Crippen molar-refractivity contribution in [3.8, 4) is 0 Å². The molecule has 1 amide bonds.